The Hall–Kier alpha value is -4.13. The van der Waals surface area contributed by atoms with Gasteiger partial charge in [0, 0.05) is 19.0 Å². The van der Waals surface area contributed by atoms with E-state index in [2.05, 4.69) is 0 Å². The summed E-state index contributed by atoms with van der Waals surface area (Å²) in [6.45, 7) is 0.619. The Morgan fingerprint density at radius 2 is 1.25 bits per heavy atom. The van der Waals surface area contributed by atoms with Crippen molar-refractivity contribution in [1.82, 2.24) is 9.80 Å². The highest BCUT2D eigenvalue weighted by Gasteiger charge is 2.68. The molecule has 204 valence electrons. The maximum atomic E-state index is 14.7. The highest BCUT2D eigenvalue weighted by Crippen LogP contribution is 2.60. The van der Waals surface area contributed by atoms with E-state index in [4.69, 9.17) is 0 Å². The van der Waals surface area contributed by atoms with Crippen molar-refractivity contribution in [3.8, 4) is 5.75 Å². The number of nitrogens with zero attached hydrogens (tertiary/aromatic N) is 2. The summed E-state index contributed by atoms with van der Waals surface area (Å²) in [6, 6.07) is 35.5. The lowest BCUT2D eigenvalue weighted by Gasteiger charge is -2.36. The molecule has 2 aliphatic rings. The average Bonchev–Trinajstić information content (AvgIpc) is 3.76. The number of carbonyl (C=O) groups is 1. The van der Waals surface area contributed by atoms with Gasteiger partial charge < -0.3 is 25.1 Å². The summed E-state index contributed by atoms with van der Waals surface area (Å²) < 4.78 is 0. The number of benzene rings is 4. The van der Waals surface area contributed by atoms with Crippen molar-refractivity contribution in [3.63, 3.8) is 0 Å². The molecule has 1 aliphatic heterocycles. The Morgan fingerprint density at radius 1 is 0.700 bits per heavy atom. The number of urea groups is 1. The molecule has 6 nitrogen and oxygen atoms in total. The molecule has 6 heteroatoms. The minimum Gasteiger partial charge on any atom is -0.508 e. The predicted molar refractivity (Wildman–Crippen MR) is 154 cm³/mol. The van der Waals surface area contributed by atoms with Crippen LogP contribution in [0, 0.1) is 0 Å². The molecule has 0 bridgehead atoms. The average molecular weight is 535 g/mol. The number of rotatable bonds is 7. The quantitative estimate of drug-likeness (QED) is 0.308. The Balaban J connectivity index is 1.45. The molecule has 2 amide bonds. The van der Waals surface area contributed by atoms with Gasteiger partial charge in [-0.1, -0.05) is 103 Å². The first-order valence-corrected chi connectivity index (χ1v) is 13.8. The first-order chi connectivity index (χ1) is 19.5. The largest absolute Gasteiger partial charge is 0.508 e. The minimum atomic E-state index is -1.18. The molecule has 6 rings (SSSR count). The van der Waals surface area contributed by atoms with E-state index >= 15 is 0 Å². The molecule has 1 unspecified atom stereocenters. The van der Waals surface area contributed by atoms with Crippen molar-refractivity contribution >= 4 is 6.03 Å². The second-order valence-corrected chi connectivity index (χ2v) is 11.0. The van der Waals surface area contributed by atoms with Crippen molar-refractivity contribution in [1.29, 1.82) is 0 Å². The van der Waals surface area contributed by atoms with E-state index in [0.717, 1.165) is 22.3 Å². The van der Waals surface area contributed by atoms with Gasteiger partial charge in [0.25, 0.3) is 0 Å². The maximum Gasteiger partial charge on any atom is 0.321 e. The van der Waals surface area contributed by atoms with E-state index in [0.29, 0.717) is 25.9 Å². The fourth-order valence-corrected chi connectivity index (χ4v) is 6.36. The predicted octanol–water partition coefficient (Wildman–Crippen LogP) is 5.09. The molecule has 1 heterocycles. The molecule has 0 radical (unpaired) electrons. The maximum absolute atomic E-state index is 14.7. The third kappa shape index (κ3) is 4.85. The monoisotopic (exact) mass is 534 g/mol. The number of phenols is 1. The summed E-state index contributed by atoms with van der Waals surface area (Å²) in [5.74, 6) is 0.0519. The second-order valence-electron chi connectivity index (χ2n) is 11.0. The topological polar surface area (TPSA) is 84.2 Å². The zero-order valence-corrected chi connectivity index (χ0v) is 22.3. The number of amides is 2. The Bertz CT molecular complexity index is 1430. The molecule has 40 heavy (non-hydrogen) atoms. The van der Waals surface area contributed by atoms with Crippen LogP contribution in [0.15, 0.2) is 115 Å². The third-order valence-corrected chi connectivity index (χ3v) is 8.55. The van der Waals surface area contributed by atoms with Crippen molar-refractivity contribution < 1.29 is 20.1 Å². The van der Waals surface area contributed by atoms with E-state index in [1.165, 1.54) is 0 Å². The highest BCUT2D eigenvalue weighted by atomic mass is 16.3. The molecular weight excluding hydrogens is 500 g/mol. The molecule has 0 aromatic heterocycles. The number of aliphatic hydroxyl groups is 2. The minimum absolute atomic E-state index is 0.1000. The van der Waals surface area contributed by atoms with Gasteiger partial charge >= 0.3 is 6.03 Å². The summed E-state index contributed by atoms with van der Waals surface area (Å²) in [6.07, 6.45) is -1.44. The standard InChI is InChI=1S/C34H34N2O4/c37-28-18-16-24(17-19-28)20-30-31(38)32(39)34(21-29(34)27-14-8-3-9-15-27)36(23-26-12-6-2-7-13-26)33(40)35(30)22-25-10-4-1-5-11-25/h1-19,29-32,37-39H,20-23H2/t29-,30-,31+,32-,34?/m1/s1. The van der Waals surface area contributed by atoms with Crippen LogP contribution in [0.4, 0.5) is 4.79 Å². The molecular formula is C34H34N2O4. The summed E-state index contributed by atoms with van der Waals surface area (Å²) in [5, 5.41) is 33.7. The van der Waals surface area contributed by atoms with Gasteiger partial charge in [-0.3, -0.25) is 0 Å². The van der Waals surface area contributed by atoms with E-state index in [1.54, 1.807) is 29.2 Å². The van der Waals surface area contributed by atoms with Crippen molar-refractivity contribution in [2.45, 2.75) is 55.6 Å². The molecule has 1 saturated heterocycles. The molecule has 2 fully saturated rings. The number of phenolic OH excluding ortho intramolecular Hbond substituents is 1. The molecule has 1 spiro atoms. The number of hydrogen-bond donors (Lipinski definition) is 3. The molecule has 4 aromatic carbocycles. The summed E-state index contributed by atoms with van der Waals surface area (Å²) in [7, 11) is 0. The van der Waals surface area contributed by atoms with Gasteiger partial charge in [0.2, 0.25) is 0 Å². The molecule has 4 aromatic rings. The van der Waals surface area contributed by atoms with Crippen LogP contribution in [0.2, 0.25) is 0 Å². The van der Waals surface area contributed by atoms with Crippen LogP contribution in [0.1, 0.15) is 34.6 Å². The van der Waals surface area contributed by atoms with Gasteiger partial charge in [0.1, 0.15) is 18.0 Å². The van der Waals surface area contributed by atoms with Gasteiger partial charge in [0.15, 0.2) is 0 Å². The van der Waals surface area contributed by atoms with Crippen LogP contribution in [0.3, 0.4) is 0 Å². The van der Waals surface area contributed by atoms with Crippen molar-refractivity contribution in [3.05, 3.63) is 138 Å². The summed E-state index contributed by atoms with van der Waals surface area (Å²) in [4.78, 5) is 18.3. The Morgan fingerprint density at radius 3 is 1.85 bits per heavy atom. The fourth-order valence-electron chi connectivity index (χ4n) is 6.36. The van der Waals surface area contributed by atoms with Crippen molar-refractivity contribution in [2.24, 2.45) is 0 Å². The number of hydrogen-bond acceptors (Lipinski definition) is 4. The first-order valence-electron chi connectivity index (χ1n) is 13.8. The Labute approximate surface area is 234 Å². The first kappa shape index (κ1) is 26.1. The smallest absolute Gasteiger partial charge is 0.321 e. The lowest BCUT2D eigenvalue weighted by atomic mass is 9.90. The normalized spacial score (nSPS) is 26.1. The van der Waals surface area contributed by atoms with Crippen LogP contribution >= 0.6 is 0 Å². The molecule has 1 aliphatic carbocycles. The lowest BCUT2D eigenvalue weighted by Crippen LogP contribution is -2.52. The van der Waals surface area contributed by atoms with Gasteiger partial charge in [-0.15, -0.1) is 0 Å². The van der Waals surface area contributed by atoms with E-state index in [1.807, 2.05) is 95.9 Å². The van der Waals surface area contributed by atoms with Crippen LogP contribution in [-0.2, 0) is 19.5 Å². The van der Waals surface area contributed by atoms with E-state index < -0.39 is 23.8 Å². The van der Waals surface area contributed by atoms with Gasteiger partial charge in [0.05, 0.1) is 11.6 Å². The van der Waals surface area contributed by atoms with Crippen molar-refractivity contribution in [2.75, 3.05) is 0 Å². The zero-order chi connectivity index (χ0) is 27.7. The van der Waals surface area contributed by atoms with E-state index in [-0.39, 0.29) is 17.7 Å². The fraction of sp³-hybridized carbons (Fsp3) is 0.265. The molecule has 5 atom stereocenters. The number of aliphatic hydroxyl groups excluding tert-OH is 2. The van der Waals surface area contributed by atoms with Gasteiger partial charge in [-0.05, 0) is 47.2 Å². The third-order valence-electron chi connectivity index (χ3n) is 8.55. The Kier molecular flexibility index (Phi) is 7.05. The van der Waals surface area contributed by atoms with Gasteiger partial charge in [-0.2, -0.15) is 0 Å². The SMILES string of the molecule is O=C1N(Cc2ccccc2)[C@H](Cc2ccc(O)cc2)[C@H](O)[C@@H](O)C2(C[C@@H]2c2ccccc2)N1Cc1ccccc1. The number of carbonyl (C=O) groups excluding carboxylic acids is 1. The summed E-state index contributed by atoms with van der Waals surface area (Å²) in [5.41, 5.74) is 2.88. The summed E-state index contributed by atoms with van der Waals surface area (Å²) >= 11 is 0. The van der Waals surface area contributed by atoms with E-state index in [9.17, 15) is 20.1 Å². The molecule has 3 N–H and O–H groups in total. The van der Waals surface area contributed by atoms with Crippen LogP contribution in [-0.4, -0.2) is 54.9 Å². The number of aromatic hydroxyl groups is 1. The molecule has 1 saturated carbocycles. The second kappa shape index (κ2) is 10.8. The highest BCUT2D eigenvalue weighted by molar-refractivity contribution is 5.78. The van der Waals surface area contributed by atoms with Crippen LogP contribution in [0.25, 0.3) is 0 Å². The van der Waals surface area contributed by atoms with Crippen LogP contribution < -0.4 is 0 Å². The lowest BCUT2D eigenvalue weighted by molar-refractivity contribution is -0.0502. The zero-order valence-electron chi connectivity index (χ0n) is 22.3. The van der Waals surface area contributed by atoms with Crippen LogP contribution in [0.5, 0.6) is 5.75 Å². The van der Waals surface area contributed by atoms with Gasteiger partial charge in [-0.25, -0.2) is 4.79 Å².